The first-order valence-electron chi connectivity index (χ1n) is 10.6. The molecule has 1 saturated heterocycles. The van der Waals surface area contributed by atoms with Gasteiger partial charge in [-0.1, -0.05) is 19.1 Å². The van der Waals surface area contributed by atoms with Gasteiger partial charge in [0.05, 0.1) is 28.7 Å². The molecule has 0 radical (unpaired) electrons. The summed E-state index contributed by atoms with van der Waals surface area (Å²) in [6.07, 6.45) is 3.52. The number of imidazole rings is 1. The third-order valence-electron chi connectivity index (χ3n) is 5.83. The summed E-state index contributed by atoms with van der Waals surface area (Å²) in [6, 6.07) is 17.4. The molecular formula is C24H27N5O. The minimum atomic E-state index is 0.0250. The van der Waals surface area contributed by atoms with Gasteiger partial charge in [-0.25, -0.2) is 4.98 Å². The van der Waals surface area contributed by atoms with Gasteiger partial charge in [0.25, 0.3) is 0 Å². The van der Waals surface area contributed by atoms with Crippen LogP contribution in [-0.4, -0.2) is 33.9 Å². The minimum Gasteiger partial charge on any atom is -0.341 e. The molecule has 2 heterocycles. The fourth-order valence-corrected chi connectivity index (χ4v) is 4.34. The van der Waals surface area contributed by atoms with Crippen LogP contribution < -0.4 is 5.32 Å². The van der Waals surface area contributed by atoms with Crippen LogP contribution in [0.5, 0.6) is 0 Å². The highest BCUT2D eigenvalue weighted by molar-refractivity contribution is 5.90. The van der Waals surface area contributed by atoms with E-state index in [2.05, 4.69) is 34.3 Å². The van der Waals surface area contributed by atoms with Crippen molar-refractivity contribution in [2.45, 2.75) is 38.6 Å². The normalized spacial score (nSPS) is 19.5. The molecule has 2 N–H and O–H groups in total. The lowest BCUT2D eigenvalue weighted by Crippen LogP contribution is -2.38. The van der Waals surface area contributed by atoms with Crippen molar-refractivity contribution in [1.29, 1.82) is 5.26 Å². The van der Waals surface area contributed by atoms with Gasteiger partial charge in [-0.05, 0) is 74.7 Å². The monoisotopic (exact) mass is 401 g/mol. The van der Waals surface area contributed by atoms with Crippen LogP contribution in [0.3, 0.4) is 0 Å². The largest absolute Gasteiger partial charge is 0.341 e. The lowest BCUT2D eigenvalue weighted by atomic mass is 9.87. The van der Waals surface area contributed by atoms with E-state index in [1.54, 1.807) is 24.3 Å². The van der Waals surface area contributed by atoms with E-state index in [1.807, 2.05) is 18.2 Å². The van der Waals surface area contributed by atoms with Crippen LogP contribution >= 0.6 is 0 Å². The highest BCUT2D eigenvalue weighted by Gasteiger charge is 2.32. The number of aromatic amines is 1. The smallest absolute Gasteiger partial charge is 0.224 e. The van der Waals surface area contributed by atoms with Gasteiger partial charge in [0.1, 0.15) is 5.82 Å². The van der Waals surface area contributed by atoms with Crippen molar-refractivity contribution in [2.24, 2.45) is 5.92 Å². The van der Waals surface area contributed by atoms with Gasteiger partial charge >= 0.3 is 0 Å². The number of anilines is 1. The molecule has 0 aliphatic carbocycles. The number of carbonyl (C=O) groups excluding carboxylic acids is 1. The summed E-state index contributed by atoms with van der Waals surface area (Å²) in [5.41, 5.74) is 3.37. The summed E-state index contributed by atoms with van der Waals surface area (Å²) in [7, 11) is 0. The van der Waals surface area contributed by atoms with Crippen molar-refractivity contribution in [2.75, 3.05) is 18.4 Å². The standard InChI is InChI=1S/C24H27N5O/c1-2-12-29-13-11-18(15-23(30)26-19-9-7-17(16-25)8-10-19)14-22(29)24-27-20-5-3-4-6-21(20)28-24/h3-10,18,22H,2,11-15H2,1H3,(H,26,30)(H,27,28)/t18?,22-/m1/s1. The van der Waals surface area contributed by atoms with E-state index in [0.717, 1.165) is 54.9 Å². The molecule has 1 unspecified atom stereocenters. The Morgan fingerprint density at radius 3 is 2.80 bits per heavy atom. The quantitative estimate of drug-likeness (QED) is 0.631. The Hall–Kier alpha value is -3.17. The zero-order chi connectivity index (χ0) is 20.9. The van der Waals surface area contributed by atoms with Crippen LogP contribution in [0, 0.1) is 17.2 Å². The molecule has 1 aliphatic heterocycles. The number of H-pyrrole nitrogens is 1. The van der Waals surface area contributed by atoms with Crippen LogP contribution in [0.25, 0.3) is 11.0 Å². The SMILES string of the molecule is CCCN1CCC(CC(=O)Nc2ccc(C#N)cc2)C[C@@H]1c1nc2ccccc2[nH]1. The Labute approximate surface area is 176 Å². The number of nitrogens with zero attached hydrogens (tertiary/aromatic N) is 3. The number of benzene rings is 2. The molecule has 0 saturated carbocycles. The zero-order valence-corrected chi connectivity index (χ0v) is 17.3. The van der Waals surface area contributed by atoms with Gasteiger partial charge in [-0.3, -0.25) is 9.69 Å². The van der Waals surface area contributed by atoms with E-state index in [0.29, 0.717) is 17.9 Å². The molecule has 2 aromatic carbocycles. The second kappa shape index (κ2) is 9.10. The summed E-state index contributed by atoms with van der Waals surface area (Å²) < 4.78 is 0. The van der Waals surface area contributed by atoms with E-state index in [1.165, 1.54) is 0 Å². The van der Waals surface area contributed by atoms with Gasteiger partial charge in [-0.2, -0.15) is 5.26 Å². The topological polar surface area (TPSA) is 84.8 Å². The highest BCUT2D eigenvalue weighted by atomic mass is 16.1. The first-order chi connectivity index (χ1) is 14.7. The Balaban J connectivity index is 1.44. The summed E-state index contributed by atoms with van der Waals surface area (Å²) in [5.74, 6) is 1.34. The lowest BCUT2D eigenvalue weighted by molar-refractivity contribution is -0.117. The fourth-order valence-electron chi connectivity index (χ4n) is 4.34. The Morgan fingerprint density at radius 1 is 1.27 bits per heavy atom. The van der Waals surface area contributed by atoms with Gasteiger partial charge in [-0.15, -0.1) is 0 Å². The number of hydrogen-bond donors (Lipinski definition) is 2. The van der Waals surface area contributed by atoms with Crippen LogP contribution in [0.15, 0.2) is 48.5 Å². The second-order valence-corrected chi connectivity index (χ2v) is 8.02. The number of carbonyl (C=O) groups is 1. The molecule has 0 spiro atoms. The number of aromatic nitrogens is 2. The number of rotatable bonds is 6. The maximum absolute atomic E-state index is 12.6. The molecular weight excluding hydrogens is 374 g/mol. The number of para-hydroxylation sites is 2. The van der Waals surface area contributed by atoms with Crippen molar-refractivity contribution in [3.63, 3.8) is 0 Å². The number of hydrogen-bond acceptors (Lipinski definition) is 4. The van der Waals surface area contributed by atoms with Crippen molar-refractivity contribution < 1.29 is 4.79 Å². The third kappa shape index (κ3) is 4.52. The number of fused-ring (bicyclic) bond motifs is 1. The van der Waals surface area contributed by atoms with Crippen LogP contribution in [0.1, 0.15) is 50.0 Å². The predicted octanol–water partition coefficient (Wildman–Crippen LogP) is 4.63. The maximum atomic E-state index is 12.6. The zero-order valence-electron chi connectivity index (χ0n) is 17.3. The maximum Gasteiger partial charge on any atom is 0.224 e. The van der Waals surface area contributed by atoms with Gasteiger partial charge in [0.15, 0.2) is 0 Å². The molecule has 2 atom stereocenters. The summed E-state index contributed by atoms with van der Waals surface area (Å²) in [6.45, 7) is 4.21. The first-order valence-corrected chi connectivity index (χ1v) is 10.6. The molecule has 1 aromatic heterocycles. The van der Waals surface area contributed by atoms with Crippen LogP contribution in [0.4, 0.5) is 5.69 Å². The molecule has 30 heavy (non-hydrogen) atoms. The first kappa shape index (κ1) is 20.1. The van der Waals surface area contributed by atoms with Crippen molar-refractivity contribution in [1.82, 2.24) is 14.9 Å². The van der Waals surface area contributed by atoms with Crippen molar-refractivity contribution in [3.8, 4) is 6.07 Å². The van der Waals surface area contributed by atoms with Gasteiger partial charge in [0, 0.05) is 12.1 Å². The molecule has 4 rings (SSSR count). The van der Waals surface area contributed by atoms with E-state index in [9.17, 15) is 4.79 Å². The Morgan fingerprint density at radius 2 is 2.07 bits per heavy atom. The highest BCUT2D eigenvalue weighted by Crippen LogP contribution is 2.35. The molecule has 1 amide bonds. The van der Waals surface area contributed by atoms with Crippen LogP contribution in [0.2, 0.25) is 0 Å². The summed E-state index contributed by atoms with van der Waals surface area (Å²) in [5, 5.41) is 11.9. The lowest BCUT2D eigenvalue weighted by Gasteiger charge is -2.38. The number of likely N-dealkylation sites (tertiary alicyclic amines) is 1. The minimum absolute atomic E-state index is 0.0250. The fraction of sp³-hybridized carbons (Fsp3) is 0.375. The third-order valence-corrected chi connectivity index (χ3v) is 5.83. The Bertz CT molecular complexity index is 1020. The number of piperidine rings is 1. The van der Waals surface area contributed by atoms with Gasteiger partial charge < -0.3 is 10.3 Å². The molecule has 1 fully saturated rings. The number of amides is 1. The molecule has 154 valence electrons. The molecule has 6 nitrogen and oxygen atoms in total. The molecule has 3 aromatic rings. The Kier molecular flexibility index (Phi) is 6.10. The predicted molar refractivity (Wildman–Crippen MR) is 118 cm³/mol. The van der Waals surface area contributed by atoms with Crippen LogP contribution in [-0.2, 0) is 4.79 Å². The van der Waals surface area contributed by atoms with Crippen molar-refractivity contribution in [3.05, 3.63) is 59.9 Å². The average Bonchev–Trinajstić information content (AvgIpc) is 3.19. The summed E-state index contributed by atoms with van der Waals surface area (Å²) >= 11 is 0. The van der Waals surface area contributed by atoms with Crippen molar-refractivity contribution >= 4 is 22.6 Å². The van der Waals surface area contributed by atoms with E-state index < -0.39 is 0 Å². The van der Waals surface area contributed by atoms with Gasteiger partial charge in [0.2, 0.25) is 5.91 Å². The number of nitriles is 1. The molecule has 0 bridgehead atoms. The van der Waals surface area contributed by atoms with E-state index in [4.69, 9.17) is 10.2 Å². The number of nitrogens with one attached hydrogen (secondary N) is 2. The summed E-state index contributed by atoms with van der Waals surface area (Å²) in [4.78, 5) is 23.4. The molecule has 6 heteroatoms. The molecule has 1 aliphatic rings. The van der Waals surface area contributed by atoms with E-state index in [-0.39, 0.29) is 11.9 Å². The second-order valence-electron chi connectivity index (χ2n) is 8.02. The van der Waals surface area contributed by atoms with E-state index >= 15 is 0 Å². The average molecular weight is 402 g/mol.